The van der Waals surface area contributed by atoms with Crippen molar-refractivity contribution in [1.82, 2.24) is 5.32 Å². The molecule has 2 aromatic rings. The van der Waals surface area contributed by atoms with E-state index in [1.165, 1.54) is 18.2 Å². The van der Waals surface area contributed by atoms with Crippen molar-refractivity contribution in [3.8, 4) is 11.8 Å². The van der Waals surface area contributed by atoms with Crippen LogP contribution in [0.5, 0.6) is 5.75 Å². The molecule has 25 heavy (non-hydrogen) atoms. The van der Waals surface area contributed by atoms with Crippen LogP contribution >= 0.6 is 0 Å². The summed E-state index contributed by atoms with van der Waals surface area (Å²) < 4.78 is 18.5. The van der Waals surface area contributed by atoms with Gasteiger partial charge in [-0.1, -0.05) is 24.3 Å². The van der Waals surface area contributed by atoms with Crippen LogP contribution in [0.1, 0.15) is 25.0 Å². The topological polar surface area (TPSA) is 62.1 Å². The molecule has 0 radical (unpaired) electrons. The lowest BCUT2D eigenvalue weighted by Crippen LogP contribution is -2.30. The highest BCUT2D eigenvalue weighted by Gasteiger charge is 2.09. The summed E-state index contributed by atoms with van der Waals surface area (Å²) in [5, 5.41) is 11.8. The Morgan fingerprint density at radius 3 is 2.40 bits per heavy atom. The first-order valence-corrected chi connectivity index (χ1v) is 7.88. The Labute approximate surface area is 146 Å². The zero-order chi connectivity index (χ0) is 18.2. The largest absolute Gasteiger partial charge is 0.489 e. The molecule has 1 amide bonds. The highest BCUT2D eigenvalue weighted by atomic mass is 19.1. The molecule has 0 aliphatic heterocycles. The molecule has 0 fully saturated rings. The molecule has 0 aliphatic rings. The minimum absolute atomic E-state index is 0.0357. The maximum Gasteiger partial charge on any atom is 0.262 e. The van der Waals surface area contributed by atoms with Crippen molar-refractivity contribution in [3.05, 3.63) is 71.0 Å². The Bertz CT molecular complexity index is 788. The molecule has 0 atom stereocenters. The monoisotopic (exact) mass is 338 g/mol. The van der Waals surface area contributed by atoms with E-state index in [0.717, 1.165) is 11.1 Å². The molecule has 0 heterocycles. The first-order chi connectivity index (χ1) is 12.0. The normalized spacial score (nSPS) is 11.1. The van der Waals surface area contributed by atoms with Gasteiger partial charge in [-0.2, -0.15) is 5.26 Å². The van der Waals surface area contributed by atoms with Gasteiger partial charge in [0.15, 0.2) is 0 Å². The number of nitrogens with one attached hydrogen (secondary N) is 1. The van der Waals surface area contributed by atoms with Crippen LogP contribution in [0.3, 0.4) is 0 Å². The SMILES string of the molecule is CC(C)NC(=O)/C(C#N)=C\c1ccc(OCc2ccc(F)cc2)cc1. The van der Waals surface area contributed by atoms with Crippen LogP contribution in [0.15, 0.2) is 54.1 Å². The van der Waals surface area contributed by atoms with E-state index in [2.05, 4.69) is 5.32 Å². The second-order valence-corrected chi connectivity index (χ2v) is 5.78. The summed E-state index contributed by atoms with van der Waals surface area (Å²) in [5.41, 5.74) is 1.64. The van der Waals surface area contributed by atoms with Crippen LogP contribution in [-0.2, 0) is 11.4 Å². The zero-order valence-electron chi connectivity index (χ0n) is 14.1. The molecule has 4 nitrogen and oxygen atoms in total. The molecule has 0 saturated carbocycles. The third-order valence-corrected chi connectivity index (χ3v) is 3.29. The van der Waals surface area contributed by atoms with Crippen molar-refractivity contribution in [2.24, 2.45) is 0 Å². The van der Waals surface area contributed by atoms with E-state index in [0.29, 0.717) is 12.4 Å². The van der Waals surface area contributed by atoms with E-state index in [1.54, 1.807) is 36.4 Å². The quantitative estimate of drug-likeness (QED) is 0.643. The third-order valence-electron chi connectivity index (χ3n) is 3.29. The Morgan fingerprint density at radius 1 is 1.20 bits per heavy atom. The molecule has 0 unspecified atom stereocenters. The second kappa shape index (κ2) is 8.65. The number of halogens is 1. The Kier molecular flexibility index (Phi) is 6.30. The average molecular weight is 338 g/mol. The number of nitriles is 1. The number of ether oxygens (including phenoxy) is 1. The van der Waals surface area contributed by atoms with Gasteiger partial charge >= 0.3 is 0 Å². The lowest BCUT2D eigenvalue weighted by molar-refractivity contribution is -0.117. The van der Waals surface area contributed by atoms with Crippen LogP contribution < -0.4 is 10.1 Å². The standard InChI is InChI=1S/C20H19FN2O2/c1-14(2)23-20(24)17(12-22)11-15-5-9-19(10-6-15)25-13-16-3-7-18(21)8-4-16/h3-11,14H,13H2,1-2H3,(H,23,24)/b17-11-. The van der Waals surface area contributed by atoms with Gasteiger partial charge in [0.2, 0.25) is 0 Å². The van der Waals surface area contributed by atoms with Crippen molar-refractivity contribution in [2.75, 3.05) is 0 Å². The molecule has 0 saturated heterocycles. The Balaban J connectivity index is 2.01. The van der Waals surface area contributed by atoms with Crippen LogP contribution in [0.4, 0.5) is 4.39 Å². The summed E-state index contributed by atoms with van der Waals surface area (Å²) in [6.45, 7) is 4.00. The Morgan fingerprint density at radius 2 is 1.84 bits per heavy atom. The van der Waals surface area contributed by atoms with E-state index in [1.807, 2.05) is 19.9 Å². The van der Waals surface area contributed by atoms with Crippen LogP contribution in [0, 0.1) is 17.1 Å². The van der Waals surface area contributed by atoms with Crippen LogP contribution in [-0.4, -0.2) is 11.9 Å². The molecule has 0 aromatic heterocycles. The predicted molar refractivity (Wildman–Crippen MR) is 94.0 cm³/mol. The van der Waals surface area contributed by atoms with Gasteiger partial charge < -0.3 is 10.1 Å². The predicted octanol–water partition coefficient (Wildman–Crippen LogP) is 3.84. The van der Waals surface area contributed by atoms with Crippen molar-refractivity contribution in [2.45, 2.75) is 26.5 Å². The number of carbonyl (C=O) groups excluding carboxylic acids is 1. The number of nitrogens with zero attached hydrogens (tertiary/aromatic N) is 1. The van der Waals surface area contributed by atoms with Gasteiger partial charge in [0, 0.05) is 6.04 Å². The molecule has 2 rings (SSSR count). The smallest absolute Gasteiger partial charge is 0.262 e. The second-order valence-electron chi connectivity index (χ2n) is 5.78. The highest BCUT2D eigenvalue weighted by Crippen LogP contribution is 2.16. The fourth-order valence-electron chi connectivity index (χ4n) is 2.06. The van der Waals surface area contributed by atoms with Gasteiger partial charge in [0.05, 0.1) is 0 Å². The summed E-state index contributed by atoms with van der Waals surface area (Å²) >= 11 is 0. The van der Waals surface area contributed by atoms with Crippen molar-refractivity contribution >= 4 is 12.0 Å². The summed E-state index contributed by atoms with van der Waals surface area (Å²) in [4.78, 5) is 11.9. The van der Waals surface area contributed by atoms with Crippen LogP contribution in [0.25, 0.3) is 6.08 Å². The molecular weight excluding hydrogens is 319 g/mol. The van der Waals surface area contributed by atoms with Gasteiger partial charge in [-0.05, 0) is 55.3 Å². The van der Waals surface area contributed by atoms with E-state index < -0.39 is 5.91 Å². The minimum atomic E-state index is -0.394. The first kappa shape index (κ1) is 18.2. The number of carbonyl (C=O) groups is 1. The van der Waals surface area contributed by atoms with Crippen molar-refractivity contribution in [3.63, 3.8) is 0 Å². The lowest BCUT2D eigenvalue weighted by atomic mass is 10.1. The van der Waals surface area contributed by atoms with Crippen molar-refractivity contribution < 1.29 is 13.9 Å². The van der Waals surface area contributed by atoms with E-state index >= 15 is 0 Å². The first-order valence-electron chi connectivity index (χ1n) is 7.88. The molecule has 128 valence electrons. The zero-order valence-corrected chi connectivity index (χ0v) is 14.1. The molecule has 2 aromatic carbocycles. The fraction of sp³-hybridized carbons (Fsp3) is 0.200. The lowest BCUT2D eigenvalue weighted by Gasteiger charge is -2.08. The maximum atomic E-state index is 12.9. The number of hydrogen-bond acceptors (Lipinski definition) is 3. The van der Waals surface area contributed by atoms with Gasteiger partial charge in [0.1, 0.15) is 29.8 Å². The van der Waals surface area contributed by atoms with Gasteiger partial charge in [-0.3, -0.25) is 4.79 Å². The van der Waals surface area contributed by atoms with Crippen molar-refractivity contribution in [1.29, 1.82) is 5.26 Å². The summed E-state index contributed by atoms with van der Waals surface area (Å²) in [6, 6.07) is 15.0. The van der Waals surface area contributed by atoms with E-state index in [4.69, 9.17) is 10.00 Å². The molecule has 0 bridgehead atoms. The van der Waals surface area contributed by atoms with Gasteiger partial charge in [0.25, 0.3) is 5.91 Å². The molecule has 0 aliphatic carbocycles. The minimum Gasteiger partial charge on any atom is -0.489 e. The van der Waals surface area contributed by atoms with E-state index in [9.17, 15) is 9.18 Å². The number of rotatable bonds is 6. The van der Waals surface area contributed by atoms with Gasteiger partial charge in [-0.15, -0.1) is 0 Å². The summed E-state index contributed by atoms with van der Waals surface area (Å²) in [6.07, 6.45) is 1.53. The van der Waals surface area contributed by atoms with E-state index in [-0.39, 0.29) is 17.4 Å². The fourth-order valence-corrected chi connectivity index (χ4v) is 2.06. The molecule has 1 N–H and O–H groups in total. The highest BCUT2D eigenvalue weighted by molar-refractivity contribution is 6.01. The average Bonchev–Trinajstić information content (AvgIpc) is 2.59. The van der Waals surface area contributed by atoms with Crippen LogP contribution in [0.2, 0.25) is 0 Å². The maximum absolute atomic E-state index is 12.9. The number of benzene rings is 2. The third kappa shape index (κ3) is 5.78. The molecule has 0 spiro atoms. The van der Waals surface area contributed by atoms with Gasteiger partial charge in [-0.25, -0.2) is 4.39 Å². The molecular formula is C20H19FN2O2. The number of amides is 1. The number of hydrogen-bond donors (Lipinski definition) is 1. The summed E-state index contributed by atoms with van der Waals surface area (Å²) in [5.74, 6) is -0.0320. The Hall–Kier alpha value is -3.13. The summed E-state index contributed by atoms with van der Waals surface area (Å²) in [7, 11) is 0. The molecule has 5 heteroatoms.